The summed E-state index contributed by atoms with van der Waals surface area (Å²) in [6.07, 6.45) is 8.74. The van der Waals surface area contributed by atoms with Crippen LogP contribution in [0.5, 0.6) is 0 Å². The zero-order valence-electron chi connectivity index (χ0n) is 25.6. The first-order valence-corrected chi connectivity index (χ1v) is 14.7. The van der Waals surface area contributed by atoms with Crippen molar-refractivity contribution < 1.29 is 23.6 Å². The number of allylic oxidation sites excluding steroid dienone is 2. The van der Waals surface area contributed by atoms with Gasteiger partial charge in [-0.25, -0.2) is 14.4 Å². The van der Waals surface area contributed by atoms with Gasteiger partial charge in [0, 0.05) is 17.7 Å². The number of hydrogen-bond acceptors (Lipinski definition) is 7. The fraction of sp³-hybridized carbons (Fsp3) is 0.424. The maximum atomic E-state index is 14.6. The van der Waals surface area contributed by atoms with Gasteiger partial charge in [-0.05, 0) is 84.5 Å². The Bertz CT molecular complexity index is 1300. The van der Waals surface area contributed by atoms with E-state index in [1.165, 1.54) is 38.3 Å². The maximum Gasteiger partial charge on any atom is 0.306 e. The van der Waals surface area contributed by atoms with Crippen molar-refractivity contribution in [3.63, 3.8) is 0 Å². The molecule has 1 N–H and O–H groups in total. The van der Waals surface area contributed by atoms with Crippen LogP contribution in [0.4, 0.5) is 14.6 Å². The molecule has 1 atom stereocenters. The van der Waals surface area contributed by atoms with Crippen LogP contribution in [0.15, 0.2) is 75.8 Å². The van der Waals surface area contributed by atoms with Crippen LogP contribution in [0.1, 0.15) is 77.8 Å². The van der Waals surface area contributed by atoms with Gasteiger partial charge in [0.05, 0.1) is 18.2 Å². The smallest absolute Gasteiger partial charge is 0.306 e. The number of hydrazine groups is 1. The molecule has 2 aromatic carbocycles. The fourth-order valence-corrected chi connectivity index (χ4v) is 5.08. The summed E-state index contributed by atoms with van der Waals surface area (Å²) in [6.45, 7) is 9.26. The van der Waals surface area contributed by atoms with Gasteiger partial charge in [0.15, 0.2) is 0 Å². The molecule has 0 aromatic heterocycles. The number of carboxylic acids is 1. The molecule has 8 nitrogen and oxygen atoms in total. The molecule has 1 fully saturated rings. The number of aliphatic carboxylic acids is 1. The molecule has 1 unspecified atom stereocenters. The minimum absolute atomic E-state index is 0.250. The first kappa shape index (κ1) is 35.1. The number of hydrogen-bond donors (Lipinski definition) is 1. The standard InChI is InChI=1S/C19H21F2N3.C10H11NO3.C2H4O.C2H6/c1-13-12-23(21)24-18(15-5-3-2-4-6-15)17(11-22-19(13)24)14-7-9-16(20)10-8-14;1-7(10(12)13)6-8-2-4-9(11-14)5-3-8;1-2-3;1-2/h7-11,15H,2-6,12H2,1H3;2-5,7H,6H2,1H3,(H,12,13);2H,1H3;1-2H3. The van der Waals surface area contributed by atoms with Gasteiger partial charge < -0.3 is 9.90 Å². The predicted molar refractivity (Wildman–Crippen MR) is 166 cm³/mol. The number of carbonyl (C=O) groups excluding carboxylic acids is 1. The van der Waals surface area contributed by atoms with E-state index in [4.69, 9.17) is 9.90 Å². The molecule has 2 aliphatic heterocycles. The molecule has 0 saturated heterocycles. The Hall–Kier alpha value is -4.05. The lowest BCUT2D eigenvalue weighted by molar-refractivity contribution is -0.141. The molecule has 0 amide bonds. The average Bonchev–Trinajstić information content (AvgIpc) is 3.32. The van der Waals surface area contributed by atoms with Gasteiger partial charge in [0.1, 0.15) is 23.6 Å². The Labute approximate surface area is 252 Å². The molecule has 43 heavy (non-hydrogen) atoms. The van der Waals surface area contributed by atoms with Gasteiger partial charge in [0.25, 0.3) is 0 Å². The number of rotatable bonds is 6. The number of benzene rings is 2. The van der Waals surface area contributed by atoms with E-state index < -0.39 is 11.9 Å². The number of fused-ring (bicyclic) bond motifs is 1. The van der Waals surface area contributed by atoms with Crippen molar-refractivity contribution in [3.05, 3.63) is 87.5 Å². The second kappa shape index (κ2) is 17.8. The fourth-order valence-electron chi connectivity index (χ4n) is 5.08. The van der Waals surface area contributed by atoms with E-state index in [0.29, 0.717) is 23.8 Å². The lowest BCUT2D eigenvalue weighted by Gasteiger charge is -2.36. The average molecular weight is 597 g/mol. The van der Waals surface area contributed by atoms with Gasteiger partial charge in [0.2, 0.25) is 0 Å². The number of carbonyl (C=O) groups is 2. The van der Waals surface area contributed by atoms with E-state index in [-0.39, 0.29) is 12.4 Å². The van der Waals surface area contributed by atoms with Crippen molar-refractivity contribution in [2.24, 2.45) is 22.0 Å². The Morgan fingerprint density at radius 3 is 2.21 bits per heavy atom. The van der Waals surface area contributed by atoms with Crippen LogP contribution in [-0.4, -0.2) is 40.4 Å². The zero-order chi connectivity index (χ0) is 31.9. The molecule has 2 aromatic rings. The van der Waals surface area contributed by atoms with E-state index in [1.54, 1.807) is 48.3 Å². The SMILES string of the molecule is CC.CC(Cc1ccc(N=O)cc1)C(=O)O.CC1=C2N=CC(c3ccc(F)cc3)=C(C3CCCCC3)N2N(F)C1.CC=O. The number of aldehydes is 1. The van der Waals surface area contributed by atoms with E-state index >= 15 is 0 Å². The largest absolute Gasteiger partial charge is 0.481 e. The minimum atomic E-state index is -0.817. The van der Waals surface area contributed by atoms with Crippen LogP contribution in [0.2, 0.25) is 0 Å². The van der Waals surface area contributed by atoms with Crippen molar-refractivity contribution in [3.8, 4) is 0 Å². The second-order valence-electron chi connectivity index (χ2n) is 10.2. The van der Waals surface area contributed by atoms with E-state index in [0.717, 1.165) is 52.3 Å². The van der Waals surface area contributed by atoms with Crippen LogP contribution in [0.25, 0.3) is 5.57 Å². The summed E-state index contributed by atoms with van der Waals surface area (Å²) < 4.78 is 27.9. The first-order chi connectivity index (χ1) is 20.7. The predicted octanol–water partition coefficient (Wildman–Crippen LogP) is 8.43. The summed E-state index contributed by atoms with van der Waals surface area (Å²) in [5.41, 5.74) is 4.95. The number of nitroso groups, excluding NO2 is 1. The molecule has 0 radical (unpaired) electrons. The van der Waals surface area contributed by atoms with Crippen LogP contribution < -0.4 is 0 Å². The molecule has 5 rings (SSSR count). The lowest BCUT2D eigenvalue weighted by Crippen LogP contribution is -2.36. The molecular weight excluding hydrogens is 554 g/mol. The van der Waals surface area contributed by atoms with Gasteiger partial charge in [-0.1, -0.05) is 64.3 Å². The van der Waals surface area contributed by atoms with E-state index in [2.05, 4.69) is 10.2 Å². The minimum Gasteiger partial charge on any atom is -0.481 e. The third kappa shape index (κ3) is 9.74. The van der Waals surface area contributed by atoms with E-state index in [9.17, 15) is 18.6 Å². The molecule has 232 valence electrons. The summed E-state index contributed by atoms with van der Waals surface area (Å²) in [5, 5.41) is 13.8. The molecule has 1 aliphatic carbocycles. The van der Waals surface area contributed by atoms with Gasteiger partial charge >= 0.3 is 5.97 Å². The Kier molecular flexibility index (Phi) is 14.6. The quantitative estimate of drug-likeness (QED) is 0.204. The first-order valence-electron chi connectivity index (χ1n) is 14.7. The summed E-state index contributed by atoms with van der Waals surface area (Å²) in [5.74, 6) is -0.489. The van der Waals surface area contributed by atoms with Crippen molar-refractivity contribution >= 4 is 29.7 Å². The molecule has 0 spiro atoms. The molecule has 3 aliphatic rings. The van der Waals surface area contributed by atoms with Crippen molar-refractivity contribution in [1.82, 2.24) is 10.2 Å². The molecule has 2 heterocycles. The third-order valence-corrected chi connectivity index (χ3v) is 7.14. The summed E-state index contributed by atoms with van der Waals surface area (Å²) in [6, 6.07) is 13.0. The number of carboxylic acid groups (broad SMARTS) is 1. The summed E-state index contributed by atoms with van der Waals surface area (Å²) in [4.78, 5) is 34.0. The van der Waals surface area contributed by atoms with Crippen molar-refractivity contribution in [2.45, 2.75) is 73.1 Å². The van der Waals surface area contributed by atoms with Crippen molar-refractivity contribution in [2.75, 3.05) is 6.54 Å². The maximum absolute atomic E-state index is 14.6. The molecular formula is C33H42F2N4O4. The normalized spacial score (nSPS) is 17.0. The lowest BCUT2D eigenvalue weighted by atomic mass is 9.83. The summed E-state index contributed by atoms with van der Waals surface area (Å²) >= 11 is 0. The summed E-state index contributed by atoms with van der Waals surface area (Å²) in [7, 11) is 0. The Morgan fingerprint density at radius 2 is 1.67 bits per heavy atom. The van der Waals surface area contributed by atoms with Crippen LogP contribution in [0, 0.1) is 22.6 Å². The molecule has 10 heteroatoms. The zero-order valence-corrected chi connectivity index (χ0v) is 25.6. The number of nitrogens with zero attached hydrogens (tertiary/aromatic N) is 4. The second-order valence-corrected chi connectivity index (χ2v) is 10.2. The van der Waals surface area contributed by atoms with Gasteiger partial charge in [-0.2, -0.15) is 0 Å². The van der Waals surface area contributed by atoms with Crippen LogP contribution in [0.3, 0.4) is 0 Å². The van der Waals surface area contributed by atoms with Gasteiger partial charge in [-0.3, -0.25) is 4.79 Å². The number of aliphatic imine (C=N–C) groups is 1. The Balaban J connectivity index is 0.000000290. The highest BCUT2D eigenvalue weighted by atomic mass is 19.2. The highest BCUT2D eigenvalue weighted by Crippen LogP contribution is 2.43. The molecule has 1 saturated carbocycles. The van der Waals surface area contributed by atoms with Crippen molar-refractivity contribution in [1.29, 1.82) is 0 Å². The van der Waals surface area contributed by atoms with E-state index in [1.807, 2.05) is 27.0 Å². The van der Waals surface area contributed by atoms with Gasteiger partial charge in [-0.15, -0.1) is 9.39 Å². The van der Waals surface area contributed by atoms with Crippen LogP contribution >= 0.6 is 0 Å². The highest BCUT2D eigenvalue weighted by molar-refractivity contribution is 6.12. The highest BCUT2D eigenvalue weighted by Gasteiger charge is 2.38. The van der Waals surface area contributed by atoms with Crippen LogP contribution in [-0.2, 0) is 16.0 Å². The monoisotopic (exact) mass is 596 g/mol. The molecule has 0 bridgehead atoms. The Morgan fingerprint density at radius 1 is 1.09 bits per heavy atom. The third-order valence-electron chi connectivity index (χ3n) is 7.14. The number of halogens is 2. The topological polar surface area (TPSA) is 103 Å².